The number of sulfonamides is 1. The number of piperidine rings is 1. The molecule has 1 aromatic carbocycles. The summed E-state index contributed by atoms with van der Waals surface area (Å²) in [6.07, 6.45) is 9.35. The van der Waals surface area contributed by atoms with E-state index in [0.717, 1.165) is 24.8 Å². The maximum atomic E-state index is 12.6. The monoisotopic (exact) mass is 356 g/mol. The Morgan fingerprint density at radius 2 is 1.76 bits per heavy atom. The van der Waals surface area contributed by atoms with Crippen LogP contribution in [0, 0.1) is 0 Å². The summed E-state index contributed by atoms with van der Waals surface area (Å²) in [5.41, 5.74) is 1.29. The molecule has 0 atom stereocenters. The molecule has 2 heterocycles. The van der Waals surface area contributed by atoms with Gasteiger partial charge in [0.1, 0.15) is 0 Å². The molecule has 0 bridgehead atoms. The third-order valence-electron chi connectivity index (χ3n) is 4.20. The zero-order valence-corrected chi connectivity index (χ0v) is 14.7. The third kappa shape index (κ3) is 4.21. The molecular formula is C19H20N2O3S. The number of pyridine rings is 1. The molecule has 2 aromatic rings. The van der Waals surface area contributed by atoms with E-state index in [1.165, 1.54) is 22.5 Å². The number of hydrogen-bond acceptors (Lipinski definition) is 4. The van der Waals surface area contributed by atoms with E-state index in [4.69, 9.17) is 0 Å². The largest absolute Gasteiger partial charge is 0.289 e. The van der Waals surface area contributed by atoms with Gasteiger partial charge < -0.3 is 0 Å². The lowest BCUT2D eigenvalue weighted by molar-refractivity contribution is 0.104. The van der Waals surface area contributed by atoms with Gasteiger partial charge in [-0.25, -0.2) is 8.42 Å². The molecule has 1 aliphatic rings. The van der Waals surface area contributed by atoms with Crippen LogP contribution in [-0.2, 0) is 10.0 Å². The highest BCUT2D eigenvalue weighted by Gasteiger charge is 2.25. The van der Waals surface area contributed by atoms with Crippen molar-refractivity contribution >= 4 is 21.9 Å². The lowest BCUT2D eigenvalue weighted by atomic mass is 10.1. The topological polar surface area (TPSA) is 67.3 Å². The summed E-state index contributed by atoms with van der Waals surface area (Å²) in [4.78, 5) is 16.4. The molecule has 6 heteroatoms. The van der Waals surface area contributed by atoms with Gasteiger partial charge in [-0.1, -0.05) is 12.5 Å². The SMILES string of the molecule is O=C(C=Cc1cccnc1)c1ccc(S(=O)(=O)N2CCCCC2)cc1. The minimum atomic E-state index is -3.46. The van der Waals surface area contributed by atoms with Crippen LogP contribution in [-0.4, -0.2) is 36.6 Å². The number of benzene rings is 1. The Balaban J connectivity index is 1.73. The minimum absolute atomic E-state index is 0.175. The Labute approximate surface area is 148 Å². The van der Waals surface area contributed by atoms with Gasteiger partial charge in [-0.2, -0.15) is 4.31 Å². The Kier molecular flexibility index (Phi) is 5.40. The predicted molar refractivity (Wildman–Crippen MR) is 96.7 cm³/mol. The van der Waals surface area contributed by atoms with Gasteiger partial charge in [-0.15, -0.1) is 0 Å². The van der Waals surface area contributed by atoms with Crippen molar-refractivity contribution in [1.82, 2.24) is 9.29 Å². The zero-order valence-electron chi connectivity index (χ0n) is 13.8. The van der Waals surface area contributed by atoms with E-state index in [0.29, 0.717) is 18.7 Å². The van der Waals surface area contributed by atoms with Crippen molar-refractivity contribution in [2.75, 3.05) is 13.1 Å². The summed E-state index contributed by atoms with van der Waals surface area (Å²) in [6.45, 7) is 1.13. The average molecular weight is 356 g/mol. The molecule has 0 radical (unpaired) electrons. The van der Waals surface area contributed by atoms with E-state index in [1.54, 1.807) is 36.7 Å². The Bertz CT molecular complexity index is 853. The van der Waals surface area contributed by atoms with Crippen LogP contribution in [0.4, 0.5) is 0 Å². The van der Waals surface area contributed by atoms with E-state index >= 15 is 0 Å². The molecule has 3 rings (SSSR count). The number of rotatable bonds is 5. The summed E-state index contributed by atoms with van der Waals surface area (Å²) >= 11 is 0. The average Bonchev–Trinajstić information content (AvgIpc) is 2.68. The van der Waals surface area contributed by atoms with Crippen molar-refractivity contribution in [2.24, 2.45) is 0 Å². The first-order chi connectivity index (χ1) is 12.1. The van der Waals surface area contributed by atoms with E-state index in [-0.39, 0.29) is 10.7 Å². The number of allylic oxidation sites excluding steroid dienone is 1. The number of carbonyl (C=O) groups excluding carboxylic acids is 1. The van der Waals surface area contributed by atoms with Gasteiger partial charge >= 0.3 is 0 Å². The lowest BCUT2D eigenvalue weighted by Gasteiger charge is -2.25. The summed E-state index contributed by atoms with van der Waals surface area (Å²) in [6, 6.07) is 9.79. The highest BCUT2D eigenvalue weighted by Crippen LogP contribution is 2.21. The predicted octanol–water partition coefficient (Wildman–Crippen LogP) is 3.15. The summed E-state index contributed by atoms with van der Waals surface area (Å²) in [5, 5.41) is 0. The van der Waals surface area contributed by atoms with Crippen molar-refractivity contribution in [3.05, 3.63) is 66.0 Å². The highest BCUT2D eigenvalue weighted by molar-refractivity contribution is 7.89. The van der Waals surface area contributed by atoms with Crippen molar-refractivity contribution in [2.45, 2.75) is 24.2 Å². The molecule has 25 heavy (non-hydrogen) atoms. The van der Waals surface area contributed by atoms with Crippen molar-refractivity contribution in [1.29, 1.82) is 0 Å². The maximum Gasteiger partial charge on any atom is 0.243 e. The highest BCUT2D eigenvalue weighted by atomic mass is 32.2. The molecule has 0 saturated carbocycles. The zero-order chi connectivity index (χ0) is 17.7. The number of hydrogen-bond donors (Lipinski definition) is 0. The van der Waals surface area contributed by atoms with Crippen LogP contribution in [0.3, 0.4) is 0 Å². The summed E-state index contributed by atoms with van der Waals surface area (Å²) in [5.74, 6) is -0.175. The first-order valence-corrected chi connectivity index (χ1v) is 9.74. The molecule has 0 aliphatic carbocycles. The van der Waals surface area contributed by atoms with Crippen LogP contribution in [0.15, 0.2) is 59.8 Å². The van der Waals surface area contributed by atoms with Crippen LogP contribution in [0.2, 0.25) is 0 Å². The molecule has 5 nitrogen and oxygen atoms in total. The van der Waals surface area contributed by atoms with Crippen molar-refractivity contribution in [3.63, 3.8) is 0 Å². The molecule has 1 aromatic heterocycles. The molecule has 0 spiro atoms. The Morgan fingerprint density at radius 1 is 1.04 bits per heavy atom. The van der Waals surface area contributed by atoms with E-state index < -0.39 is 10.0 Å². The van der Waals surface area contributed by atoms with E-state index in [2.05, 4.69) is 4.98 Å². The second kappa shape index (κ2) is 7.72. The summed E-state index contributed by atoms with van der Waals surface area (Å²) in [7, 11) is -3.46. The van der Waals surface area contributed by atoms with Gasteiger partial charge in [-0.05, 0) is 60.9 Å². The lowest BCUT2D eigenvalue weighted by Crippen LogP contribution is -2.35. The van der Waals surface area contributed by atoms with Gasteiger partial charge in [0.05, 0.1) is 4.90 Å². The molecule has 0 N–H and O–H groups in total. The molecular weight excluding hydrogens is 336 g/mol. The number of ketones is 1. The van der Waals surface area contributed by atoms with Crippen LogP contribution >= 0.6 is 0 Å². The van der Waals surface area contributed by atoms with Gasteiger partial charge in [0.15, 0.2) is 5.78 Å². The first kappa shape index (κ1) is 17.5. The molecule has 1 fully saturated rings. The fourth-order valence-electron chi connectivity index (χ4n) is 2.79. The standard InChI is InChI=1S/C19H20N2O3S/c22-19(11-6-16-5-4-12-20-15-16)17-7-9-18(10-8-17)25(23,24)21-13-2-1-3-14-21/h4-12,15H,1-3,13-14H2. The second-order valence-corrected chi connectivity index (χ2v) is 7.91. The molecule has 1 saturated heterocycles. The fraction of sp³-hybridized carbons (Fsp3) is 0.263. The number of aromatic nitrogens is 1. The minimum Gasteiger partial charge on any atom is -0.289 e. The van der Waals surface area contributed by atoms with Crippen LogP contribution in [0.1, 0.15) is 35.2 Å². The second-order valence-electron chi connectivity index (χ2n) is 5.97. The molecule has 1 aliphatic heterocycles. The Hall–Kier alpha value is -2.31. The number of nitrogens with zero attached hydrogens (tertiary/aromatic N) is 2. The molecule has 130 valence electrons. The van der Waals surface area contributed by atoms with Gasteiger partial charge in [0.25, 0.3) is 0 Å². The van der Waals surface area contributed by atoms with Crippen LogP contribution in [0.5, 0.6) is 0 Å². The van der Waals surface area contributed by atoms with Crippen LogP contribution in [0.25, 0.3) is 6.08 Å². The van der Waals surface area contributed by atoms with Gasteiger partial charge in [0, 0.05) is 31.0 Å². The maximum absolute atomic E-state index is 12.6. The van der Waals surface area contributed by atoms with Gasteiger partial charge in [0.2, 0.25) is 10.0 Å². The third-order valence-corrected chi connectivity index (χ3v) is 6.12. The Morgan fingerprint density at radius 3 is 2.40 bits per heavy atom. The van der Waals surface area contributed by atoms with E-state index in [9.17, 15) is 13.2 Å². The van der Waals surface area contributed by atoms with Gasteiger partial charge in [-0.3, -0.25) is 9.78 Å². The quantitative estimate of drug-likeness (QED) is 0.610. The van der Waals surface area contributed by atoms with Crippen LogP contribution < -0.4 is 0 Å². The normalized spacial score (nSPS) is 16.2. The van der Waals surface area contributed by atoms with Crippen molar-refractivity contribution < 1.29 is 13.2 Å². The summed E-state index contributed by atoms with van der Waals surface area (Å²) < 4.78 is 26.7. The first-order valence-electron chi connectivity index (χ1n) is 8.30. The van der Waals surface area contributed by atoms with E-state index in [1.807, 2.05) is 6.07 Å². The molecule has 0 amide bonds. The van der Waals surface area contributed by atoms with Crippen molar-refractivity contribution in [3.8, 4) is 0 Å². The fourth-order valence-corrected chi connectivity index (χ4v) is 4.31. The molecule has 0 unspecified atom stereocenters. The smallest absolute Gasteiger partial charge is 0.243 e. The number of carbonyl (C=O) groups is 1.